The van der Waals surface area contributed by atoms with E-state index in [0.29, 0.717) is 5.02 Å². The maximum absolute atomic E-state index is 5.76. The van der Waals surface area contributed by atoms with Crippen LogP contribution in [0.25, 0.3) is 0 Å². The van der Waals surface area contributed by atoms with Gasteiger partial charge in [0.1, 0.15) is 0 Å². The summed E-state index contributed by atoms with van der Waals surface area (Å²) in [6.07, 6.45) is 1.67. The lowest BCUT2D eigenvalue weighted by atomic mass is 10.4. The predicted molar refractivity (Wildman–Crippen MR) is 70.8 cm³/mol. The minimum absolute atomic E-state index is 0.678. The average Bonchev–Trinajstić information content (AvgIpc) is 2.64. The Kier molecular flexibility index (Phi) is 4.08. The van der Waals surface area contributed by atoms with Crippen molar-refractivity contribution in [2.24, 2.45) is 0 Å². The topological polar surface area (TPSA) is 12.9 Å². The number of pyridine rings is 1. The predicted octanol–water partition coefficient (Wildman–Crippen LogP) is 4.85. The summed E-state index contributed by atoms with van der Waals surface area (Å²) in [6.45, 7) is 0. The number of thiophene rings is 1. The standard InChI is InChI=1S/C10H7BrClNS2/c11-9-3-7(5-14-9)6-15-10-2-1-8(12)4-13-10/h1-5H,6H2. The Morgan fingerprint density at radius 1 is 1.47 bits per heavy atom. The van der Waals surface area contributed by atoms with Crippen molar-refractivity contribution in [3.63, 3.8) is 0 Å². The van der Waals surface area contributed by atoms with Gasteiger partial charge in [0.25, 0.3) is 0 Å². The Hall–Kier alpha value is -0.0300. The molecule has 0 N–H and O–H groups in total. The third kappa shape index (κ3) is 3.48. The zero-order valence-electron chi connectivity index (χ0n) is 7.61. The second-order valence-corrected chi connectivity index (χ2v) is 6.58. The molecule has 0 fully saturated rings. The van der Waals surface area contributed by atoms with Crippen LogP contribution in [0, 0.1) is 0 Å². The van der Waals surface area contributed by atoms with E-state index in [1.54, 1.807) is 29.3 Å². The van der Waals surface area contributed by atoms with Crippen molar-refractivity contribution in [2.75, 3.05) is 0 Å². The van der Waals surface area contributed by atoms with E-state index >= 15 is 0 Å². The van der Waals surface area contributed by atoms with Gasteiger partial charge in [0.15, 0.2) is 0 Å². The maximum Gasteiger partial charge on any atom is 0.0964 e. The first kappa shape index (κ1) is 11.5. The molecule has 0 radical (unpaired) electrons. The zero-order valence-corrected chi connectivity index (χ0v) is 11.6. The molecular weight excluding hydrogens is 314 g/mol. The van der Waals surface area contributed by atoms with Gasteiger partial charge in [-0.15, -0.1) is 23.1 Å². The molecule has 0 aliphatic heterocycles. The summed E-state index contributed by atoms with van der Waals surface area (Å²) in [6, 6.07) is 5.93. The number of hydrogen-bond acceptors (Lipinski definition) is 3. The Bertz CT molecular complexity index is 441. The Labute approximate surface area is 110 Å². The lowest BCUT2D eigenvalue weighted by Gasteiger charge is -1.98. The van der Waals surface area contributed by atoms with Crippen LogP contribution < -0.4 is 0 Å². The molecule has 0 spiro atoms. The Balaban J connectivity index is 1.96. The van der Waals surface area contributed by atoms with E-state index in [1.807, 2.05) is 12.1 Å². The minimum Gasteiger partial charge on any atom is -0.248 e. The van der Waals surface area contributed by atoms with E-state index in [1.165, 1.54) is 9.35 Å². The van der Waals surface area contributed by atoms with E-state index < -0.39 is 0 Å². The molecule has 5 heteroatoms. The van der Waals surface area contributed by atoms with Gasteiger partial charge < -0.3 is 0 Å². The largest absolute Gasteiger partial charge is 0.248 e. The van der Waals surface area contributed by atoms with Crippen LogP contribution in [0.4, 0.5) is 0 Å². The van der Waals surface area contributed by atoms with Gasteiger partial charge in [-0.2, -0.15) is 0 Å². The summed E-state index contributed by atoms with van der Waals surface area (Å²) < 4.78 is 1.17. The number of nitrogens with zero attached hydrogens (tertiary/aromatic N) is 1. The van der Waals surface area contributed by atoms with Gasteiger partial charge in [-0.25, -0.2) is 4.98 Å². The lowest BCUT2D eigenvalue weighted by molar-refractivity contribution is 1.13. The maximum atomic E-state index is 5.76. The number of thioether (sulfide) groups is 1. The molecule has 0 aromatic carbocycles. The monoisotopic (exact) mass is 319 g/mol. The normalized spacial score (nSPS) is 10.5. The summed E-state index contributed by atoms with van der Waals surface area (Å²) in [5, 5.41) is 3.83. The molecule has 1 nitrogen and oxygen atoms in total. The number of halogens is 2. The molecule has 0 unspecified atom stereocenters. The Morgan fingerprint density at radius 3 is 2.93 bits per heavy atom. The molecule has 78 valence electrons. The first-order valence-electron chi connectivity index (χ1n) is 4.21. The van der Waals surface area contributed by atoms with Crippen molar-refractivity contribution in [1.29, 1.82) is 0 Å². The van der Waals surface area contributed by atoms with Gasteiger partial charge in [-0.05, 0) is 45.1 Å². The quantitative estimate of drug-likeness (QED) is 0.750. The second-order valence-electron chi connectivity index (χ2n) is 2.86. The fourth-order valence-corrected chi connectivity index (χ4v) is 3.23. The van der Waals surface area contributed by atoms with Crippen molar-refractivity contribution in [3.05, 3.63) is 44.1 Å². The summed E-state index contributed by atoms with van der Waals surface area (Å²) in [7, 11) is 0. The lowest BCUT2D eigenvalue weighted by Crippen LogP contribution is -1.80. The van der Waals surface area contributed by atoms with E-state index in [0.717, 1.165) is 10.8 Å². The average molecular weight is 321 g/mol. The molecule has 0 amide bonds. The molecule has 0 atom stereocenters. The highest BCUT2D eigenvalue weighted by Gasteiger charge is 2.00. The fourth-order valence-electron chi connectivity index (χ4n) is 1.03. The van der Waals surface area contributed by atoms with Gasteiger partial charge in [0.2, 0.25) is 0 Å². The van der Waals surface area contributed by atoms with Gasteiger partial charge in [-0.3, -0.25) is 0 Å². The second kappa shape index (κ2) is 5.34. The van der Waals surface area contributed by atoms with Gasteiger partial charge in [0.05, 0.1) is 13.8 Å². The zero-order chi connectivity index (χ0) is 10.7. The molecule has 2 rings (SSSR count). The van der Waals surface area contributed by atoms with Crippen molar-refractivity contribution < 1.29 is 0 Å². The van der Waals surface area contributed by atoms with Crippen LogP contribution in [0.3, 0.4) is 0 Å². The van der Waals surface area contributed by atoms with Crippen molar-refractivity contribution >= 4 is 50.6 Å². The molecule has 0 aliphatic rings. The van der Waals surface area contributed by atoms with Crippen LogP contribution in [0.2, 0.25) is 5.02 Å². The van der Waals surface area contributed by atoms with Crippen LogP contribution in [0.1, 0.15) is 5.56 Å². The fraction of sp³-hybridized carbons (Fsp3) is 0.100. The van der Waals surface area contributed by atoms with Gasteiger partial charge >= 0.3 is 0 Å². The van der Waals surface area contributed by atoms with Crippen molar-refractivity contribution in [2.45, 2.75) is 10.8 Å². The third-order valence-electron chi connectivity index (χ3n) is 1.71. The summed E-state index contributed by atoms with van der Waals surface area (Å²) in [4.78, 5) is 4.22. The van der Waals surface area contributed by atoms with Gasteiger partial charge in [0, 0.05) is 11.9 Å². The molecule has 15 heavy (non-hydrogen) atoms. The smallest absolute Gasteiger partial charge is 0.0964 e. The molecule has 0 bridgehead atoms. The van der Waals surface area contributed by atoms with Crippen molar-refractivity contribution in [3.8, 4) is 0 Å². The summed E-state index contributed by atoms with van der Waals surface area (Å²) >= 11 is 12.6. The minimum atomic E-state index is 0.678. The van der Waals surface area contributed by atoms with Crippen LogP contribution >= 0.6 is 50.6 Å². The first-order chi connectivity index (χ1) is 7.24. The highest BCUT2D eigenvalue weighted by molar-refractivity contribution is 9.11. The van der Waals surface area contributed by atoms with Crippen LogP contribution in [-0.4, -0.2) is 4.98 Å². The van der Waals surface area contributed by atoms with E-state index in [4.69, 9.17) is 11.6 Å². The van der Waals surface area contributed by atoms with Crippen molar-refractivity contribution in [1.82, 2.24) is 4.98 Å². The number of aromatic nitrogens is 1. The summed E-state index contributed by atoms with van der Waals surface area (Å²) in [5.74, 6) is 0.941. The number of hydrogen-bond donors (Lipinski definition) is 0. The molecule has 2 heterocycles. The van der Waals surface area contributed by atoms with Gasteiger partial charge in [-0.1, -0.05) is 11.6 Å². The first-order valence-corrected chi connectivity index (χ1v) is 7.25. The molecular formula is C10H7BrClNS2. The molecule has 0 saturated carbocycles. The van der Waals surface area contributed by atoms with Crippen LogP contribution in [0.5, 0.6) is 0 Å². The molecule has 2 aromatic heterocycles. The van der Waals surface area contributed by atoms with Crippen LogP contribution in [0.15, 0.2) is 38.6 Å². The SMILES string of the molecule is Clc1ccc(SCc2csc(Br)c2)nc1. The Morgan fingerprint density at radius 2 is 2.33 bits per heavy atom. The van der Waals surface area contributed by atoms with E-state index in [-0.39, 0.29) is 0 Å². The van der Waals surface area contributed by atoms with Crippen LogP contribution in [-0.2, 0) is 5.75 Å². The molecule has 0 saturated heterocycles. The summed E-state index contributed by atoms with van der Waals surface area (Å²) in [5.41, 5.74) is 1.31. The third-order valence-corrected chi connectivity index (χ3v) is 4.50. The molecule has 0 aliphatic carbocycles. The van der Waals surface area contributed by atoms with E-state index in [2.05, 4.69) is 32.4 Å². The van der Waals surface area contributed by atoms with E-state index in [9.17, 15) is 0 Å². The molecule has 2 aromatic rings. The highest BCUT2D eigenvalue weighted by Crippen LogP contribution is 2.27. The number of rotatable bonds is 3. The highest BCUT2D eigenvalue weighted by atomic mass is 79.9.